The van der Waals surface area contributed by atoms with Crippen LogP contribution in [-0.2, 0) is 4.79 Å². The molecule has 1 aliphatic heterocycles. The quantitative estimate of drug-likeness (QED) is 0.791. The molecule has 0 aromatic heterocycles. The van der Waals surface area contributed by atoms with Crippen LogP contribution in [0.1, 0.15) is 48.4 Å². The molecule has 0 saturated carbocycles. The van der Waals surface area contributed by atoms with Crippen LogP contribution in [0.3, 0.4) is 0 Å². The van der Waals surface area contributed by atoms with Crippen LogP contribution in [0.5, 0.6) is 0 Å². The van der Waals surface area contributed by atoms with Gasteiger partial charge in [0.05, 0.1) is 0 Å². The van der Waals surface area contributed by atoms with E-state index in [1.807, 2.05) is 0 Å². The van der Waals surface area contributed by atoms with Gasteiger partial charge in [0.15, 0.2) is 0 Å². The minimum atomic E-state index is -0.135. The van der Waals surface area contributed by atoms with E-state index in [0.29, 0.717) is 6.42 Å². The van der Waals surface area contributed by atoms with Crippen molar-refractivity contribution in [3.8, 4) is 0 Å². The topological polar surface area (TPSA) is 29.1 Å². The zero-order chi connectivity index (χ0) is 12.8. The fourth-order valence-corrected chi connectivity index (χ4v) is 2.80. The highest BCUT2D eigenvalue weighted by molar-refractivity contribution is 5.81. The number of benzene rings is 1. The minimum Gasteiger partial charge on any atom is -0.351 e. The molecule has 17 heavy (non-hydrogen) atoms. The largest absolute Gasteiger partial charge is 0.351 e. The summed E-state index contributed by atoms with van der Waals surface area (Å²) in [5.41, 5.74) is 5.10. The van der Waals surface area contributed by atoms with E-state index in [2.05, 4.69) is 52.1 Å². The molecule has 1 aliphatic rings. The van der Waals surface area contributed by atoms with Crippen LogP contribution in [0.15, 0.2) is 12.1 Å². The normalized spacial score (nSPS) is 22.6. The summed E-state index contributed by atoms with van der Waals surface area (Å²) in [4.78, 5) is 11.6. The molecule has 0 spiro atoms. The summed E-state index contributed by atoms with van der Waals surface area (Å²) < 4.78 is 0. The monoisotopic (exact) mass is 231 g/mol. The maximum Gasteiger partial charge on any atom is 0.221 e. The number of aryl methyl sites for hydroxylation is 3. The fraction of sp³-hybridized carbons (Fsp3) is 0.533. The van der Waals surface area contributed by atoms with Crippen LogP contribution in [-0.4, -0.2) is 11.4 Å². The Morgan fingerprint density at radius 1 is 1.12 bits per heavy atom. The Hall–Kier alpha value is -1.31. The second-order valence-electron chi connectivity index (χ2n) is 5.82. The molecule has 0 aliphatic carbocycles. The minimum absolute atomic E-state index is 0.135. The van der Waals surface area contributed by atoms with Crippen LogP contribution in [0.25, 0.3) is 0 Å². The van der Waals surface area contributed by atoms with Crippen molar-refractivity contribution in [3.63, 3.8) is 0 Å². The molecule has 1 saturated heterocycles. The highest BCUT2D eigenvalue weighted by atomic mass is 16.2. The maximum atomic E-state index is 11.6. The first-order valence-corrected chi connectivity index (χ1v) is 6.20. The zero-order valence-electron chi connectivity index (χ0n) is 11.3. The third-order valence-corrected chi connectivity index (χ3v) is 3.98. The summed E-state index contributed by atoms with van der Waals surface area (Å²) in [6, 6.07) is 4.47. The second-order valence-corrected chi connectivity index (χ2v) is 5.82. The standard InChI is InChI=1S/C15H21NO/c1-9-6-11(3)12(7-10(9)2)13-8-14(17)16-15(13,4)5/h6-7,13H,8H2,1-5H3,(H,16,17). The Morgan fingerprint density at radius 2 is 1.71 bits per heavy atom. The molecule has 1 fully saturated rings. The van der Waals surface area contributed by atoms with Crippen molar-refractivity contribution in [1.29, 1.82) is 0 Å². The third kappa shape index (κ3) is 2.08. The van der Waals surface area contributed by atoms with Crippen LogP contribution >= 0.6 is 0 Å². The predicted molar refractivity (Wildman–Crippen MR) is 70.2 cm³/mol. The average molecular weight is 231 g/mol. The highest BCUT2D eigenvalue weighted by Gasteiger charge is 2.40. The van der Waals surface area contributed by atoms with Gasteiger partial charge in [-0.1, -0.05) is 12.1 Å². The maximum absolute atomic E-state index is 11.6. The number of carbonyl (C=O) groups is 1. The third-order valence-electron chi connectivity index (χ3n) is 3.98. The Labute approximate surface area is 103 Å². The first-order valence-electron chi connectivity index (χ1n) is 6.20. The van der Waals surface area contributed by atoms with Crippen molar-refractivity contribution < 1.29 is 4.79 Å². The lowest BCUT2D eigenvalue weighted by atomic mass is 9.80. The van der Waals surface area contributed by atoms with Gasteiger partial charge in [-0.15, -0.1) is 0 Å². The molecule has 1 aromatic rings. The van der Waals surface area contributed by atoms with E-state index in [0.717, 1.165) is 0 Å². The smallest absolute Gasteiger partial charge is 0.221 e. The van der Waals surface area contributed by atoms with Crippen LogP contribution in [0.2, 0.25) is 0 Å². The molecule has 1 N–H and O–H groups in total. The molecule has 1 heterocycles. The molecule has 1 atom stereocenters. The van der Waals surface area contributed by atoms with Crippen molar-refractivity contribution in [1.82, 2.24) is 5.32 Å². The summed E-state index contributed by atoms with van der Waals surface area (Å²) in [5, 5.41) is 3.06. The van der Waals surface area contributed by atoms with E-state index in [-0.39, 0.29) is 17.4 Å². The Morgan fingerprint density at radius 3 is 2.24 bits per heavy atom. The van der Waals surface area contributed by atoms with Gasteiger partial charge >= 0.3 is 0 Å². The first-order chi connectivity index (χ1) is 7.81. The van der Waals surface area contributed by atoms with Crippen molar-refractivity contribution in [3.05, 3.63) is 34.4 Å². The lowest BCUT2D eigenvalue weighted by Gasteiger charge is -2.28. The number of hydrogen-bond acceptors (Lipinski definition) is 1. The fourth-order valence-electron chi connectivity index (χ4n) is 2.80. The molecule has 1 amide bonds. The number of hydrogen-bond donors (Lipinski definition) is 1. The van der Waals surface area contributed by atoms with Gasteiger partial charge in [0.1, 0.15) is 0 Å². The predicted octanol–water partition coefficient (Wildman–Crippen LogP) is 2.99. The van der Waals surface area contributed by atoms with E-state index in [1.54, 1.807) is 0 Å². The van der Waals surface area contributed by atoms with Gasteiger partial charge < -0.3 is 5.32 Å². The molecule has 1 aromatic carbocycles. The second kappa shape index (κ2) is 3.86. The van der Waals surface area contributed by atoms with E-state index in [9.17, 15) is 4.79 Å². The van der Waals surface area contributed by atoms with E-state index >= 15 is 0 Å². The van der Waals surface area contributed by atoms with E-state index in [1.165, 1.54) is 22.3 Å². The molecule has 2 nitrogen and oxygen atoms in total. The average Bonchev–Trinajstić information content (AvgIpc) is 2.45. The number of nitrogens with one attached hydrogen (secondary N) is 1. The first kappa shape index (κ1) is 12.2. The summed E-state index contributed by atoms with van der Waals surface area (Å²) in [6.07, 6.45) is 0.607. The Balaban J connectivity index is 2.47. The van der Waals surface area contributed by atoms with Crippen LogP contribution < -0.4 is 5.32 Å². The van der Waals surface area contributed by atoms with Gasteiger partial charge in [-0.25, -0.2) is 0 Å². The molecule has 0 radical (unpaired) electrons. The molecule has 0 bridgehead atoms. The van der Waals surface area contributed by atoms with Gasteiger partial charge in [-0.05, 0) is 56.9 Å². The molecular weight excluding hydrogens is 210 g/mol. The van der Waals surface area contributed by atoms with E-state index < -0.39 is 0 Å². The van der Waals surface area contributed by atoms with Crippen LogP contribution in [0, 0.1) is 20.8 Å². The van der Waals surface area contributed by atoms with Gasteiger partial charge in [0.25, 0.3) is 0 Å². The Kier molecular flexibility index (Phi) is 2.76. The van der Waals surface area contributed by atoms with Crippen molar-refractivity contribution in [2.75, 3.05) is 0 Å². The zero-order valence-corrected chi connectivity index (χ0v) is 11.3. The lowest BCUT2D eigenvalue weighted by Crippen LogP contribution is -2.38. The lowest BCUT2D eigenvalue weighted by molar-refractivity contribution is -0.119. The molecule has 2 heteroatoms. The van der Waals surface area contributed by atoms with Gasteiger partial charge in [-0.2, -0.15) is 0 Å². The van der Waals surface area contributed by atoms with E-state index in [4.69, 9.17) is 0 Å². The molecule has 2 rings (SSSR count). The van der Waals surface area contributed by atoms with Crippen molar-refractivity contribution in [2.45, 2.75) is 52.5 Å². The van der Waals surface area contributed by atoms with Crippen molar-refractivity contribution in [2.24, 2.45) is 0 Å². The Bertz CT molecular complexity index is 474. The summed E-state index contributed by atoms with van der Waals surface area (Å²) in [6.45, 7) is 10.6. The number of carbonyl (C=O) groups excluding carboxylic acids is 1. The molecular formula is C15H21NO. The number of rotatable bonds is 1. The van der Waals surface area contributed by atoms with Gasteiger partial charge in [-0.3, -0.25) is 4.79 Å². The highest BCUT2D eigenvalue weighted by Crippen LogP contribution is 2.38. The summed E-state index contributed by atoms with van der Waals surface area (Å²) in [7, 11) is 0. The summed E-state index contributed by atoms with van der Waals surface area (Å²) >= 11 is 0. The molecule has 1 unspecified atom stereocenters. The molecule has 92 valence electrons. The van der Waals surface area contributed by atoms with Crippen molar-refractivity contribution >= 4 is 5.91 Å². The van der Waals surface area contributed by atoms with Gasteiger partial charge in [0, 0.05) is 17.9 Å². The van der Waals surface area contributed by atoms with Gasteiger partial charge in [0.2, 0.25) is 5.91 Å². The van der Waals surface area contributed by atoms with Crippen LogP contribution in [0.4, 0.5) is 0 Å². The SMILES string of the molecule is Cc1cc(C)c(C2CC(=O)NC2(C)C)cc1C. The number of amides is 1. The summed E-state index contributed by atoms with van der Waals surface area (Å²) in [5.74, 6) is 0.451.